The van der Waals surface area contributed by atoms with E-state index in [0.717, 1.165) is 11.8 Å². The lowest BCUT2D eigenvalue weighted by molar-refractivity contribution is 0.0600. The van der Waals surface area contributed by atoms with Gasteiger partial charge in [0, 0.05) is 11.3 Å². The standard InChI is InChI=1S/C23H22N2O5S/c1-30-23(27)19-12-14-20(15-13-19)24-22(26)18-10-8-17(9-11-18)16-25(31(2,28)29)21-6-4-3-5-7-21/h3-15H,16H2,1-2H3,(H,24,26). The molecule has 0 radical (unpaired) electrons. The Balaban J connectivity index is 1.70. The molecule has 0 fully saturated rings. The smallest absolute Gasteiger partial charge is 0.337 e. The van der Waals surface area contributed by atoms with E-state index in [-0.39, 0.29) is 12.5 Å². The first-order chi connectivity index (χ1) is 14.8. The summed E-state index contributed by atoms with van der Waals surface area (Å²) < 4.78 is 30.4. The Labute approximate surface area is 181 Å². The van der Waals surface area contributed by atoms with Gasteiger partial charge in [0.05, 0.1) is 31.2 Å². The summed E-state index contributed by atoms with van der Waals surface area (Å²) in [5.74, 6) is -0.771. The predicted octanol–water partition coefficient (Wildman–Crippen LogP) is 3.69. The number of carbonyl (C=O) groups is 2. The number of nitrogens with one attached hydrogen (secondary N) is 1. The van der Waals surface area contributed by atoms with Crippen LogP contribution in [0.25, 0.3) is 0 Å². The first-order valence-corrected chi connectivity index (χ1v) is 11.2. The maximum Gasteiger partial charge on any atom is 0.337 e. The molecular formula is C23H22N2O5S. The molecule has 0 heterocycles. The molecule has 0 atom stereocenters. The summed E-state index contributed by atoms with van der Waals surface area (Å²) in [6, 6.07) is 21.9. The number of para-hydroxylation sites is 1. The number of ether oxygens (including phenoxy) is 1. The lowest BCUT2D eigenvalue weighted by atomic mass is 10.1. The van der Waals surface area contributed by atoms with E-state index >= 15 is 0 Å². The molecule has 0 unspecified atom stereocenters. The number of sulfonamides is 1. The molecule has 7 nitrogen and oxygen atoms in total. The van der Waals surface area contributed by atoms with Gasteiger partial charge in [0.25, 0.3) is 5.91 Å². The van der Waals surface area contributed by atoms with E-state index in [0.29, 0.717) is 22.5 Å². The average Bonchev–Trinajstić information content (AvgIpc) is 2.77. The number of carbonyl (C=O) groups excluding carboxylic acids is 2. The van der Waals surface area contributed by atoms with Crippen LogP contribution in [-0.2, 0) is 21.3 Å². The minimum Gasteiger partial charge on any atom is -0.465 e. The minimum atomic E-state index is -3.47. The van der Waals surface area contributed by atoms with Crippen molar-refractivity contribution in [3.05, 3.63) is 95.6 Å². The van der Waals surface area contributed by atoms with E-state index in [1.807, 2.05) is 6.07 Å². The van der Waals surface area contributed by atoms with Crippen LogP contribution in [-0.4, -0.2) is 33.7 Å². The molecule has 0 aliphatic rings. The first kappa shape index (κ1) is 22.0. The molecule has 0 aromatic heterocycles. The van der Waals surface area contributed by atoms with Crippen LogP contribution in [0.1, 0.15) is 26.3 Å². The summed E-state index contributed by atoms with van der Waals surface area (Å²) in [6.45, 7) is 0.153. The number of anilines is 2. The number of hydrogen-bond donors (Lipinski definition) is 1. The van der Waals surface area contributed by atoms with E-state index in [1.54, 1.807) is 72.8 Å². The van der Waals surface area contributed by atoms with Crippen molar-refractivity contribution >= 4 is 33.3 Å². The summed E-state index contributed by atoms with van der Waals surface area (Å²) >= 11 is 0. The largest absolute Gasteiger partial charge is 0.465 e. The summed E-state index contributed by atoms with van der Waals surface area (Å²) in [7, 11) is -2.17. The Hall–Kier alpha value is -3.65. The van der Waals surface area contributed by atoms with Crippen molar-refractivity contribution in [2.45, 2.75) is 6.54 Å². The fourth-order valence-electron chi connectivity index (χ4n) is 2.93. The number of hydrogen-bond acceptors (Lipinski definition) is 5. The zero-order chi connectivity index (χ0) is 22.4. The van der Waals surface area contributed by atoms with Crippen molar-refractivity contribution < 1.29 is 22.7 Å². The first-order valence-electron chi connectivity index (χ1n) is 9.39. The number of methoxy groups -OCH3 is 1. The molecule has 0 bridgehead atoms. The summed E-state index contributed by atoms with van der Waals surface area (Å²) in [4.78, 5) is 24.0. The van der Waals surface area contributed by atoms with Gasteiger partial charge >= 0.3 is 5.97 Å². The Morgan fingerprint density at radius 3 is 2.00 bits per heavy atom. The molecule has 0 aliphatic carbocycles. The third-order valence-corrected chi connectivity index (χ3v) is 5.69. The van der Waals surface area contributed by atoms with E-state index < -0.39 is 16.0 Å². The lowest BCUT2D eigenvalue weighted by Gasteiger charge is -2.22. The molecule has 3 rings (SSSR count). The van der Waals surface area contributed by atoms with Gasteiger partial charge in [0.2, 0.25) is 10.0 Å². The average molecular weight is 439 g/mol. The van der Waals surface area contributed by atoms with Gasteiger partial charge in [-0.2, -0.15) is 0 Å². The fourth-order valence-corrected chi connectivity index (χ4v) is 3.82. The van der Waals surface area contributed by atoms with E-state index in [9.17, 15) is 18.0 Å². The van der Waals surface area contributed by atoms with Crippen LogP contribution in [0.15, 0.2) is 78.9 Å². The van der Waals surface area contributed by atoms with Crippen LogP contribution in [0.2, 0.25) is 0 Å². The monoisotopic (exact) mass is 438 g/mol. The number of rotatable bonds is 7. The Morgan fingerprint density at radius 2 is 1.45 bits per heavy atom. The van der Waals surface area contributed by atoms with Gasteiger partial charge in [0.1, 0.15) is 0 Å². The quantitative estimate of drug-likeness (QED) is 0.568. The molecule has 1 N–H and O–H groups in total. The predicted molar refractivity (Wildman–Crippen MR) is 120 cm³/mol. The van der Waals surface area contributed by atoms with Gasteiger partial charge in [-0.3, -0.25) is 9.10 Å². The molecule has 0 saturated heterocycles. The van der Waals surface area contributed by atoms with Gasteiger partial charge in [-0.05, 0) is 54.1 Å². The fraction of sp³-hybridized carbons (Fsp3) is 0.130. The van der Waals surface area contributed by atoms with E-state index in [1.165, 1.54) is 11.4 Å². The zero-order valence-electron chi connectivity index (χ0n) is 17.1. The molecule has 0 spiro atoms. The van der Waals surface area contributed by atoms with Crippen LogP contribution >= 0.6 is 0 Å². The highest BCUT2D eigenvalue weighted by molar-refractivity contribution is 7.92. The van der Waals surface area contributed by atoms with Crippen LogP contribution in [0.3, 0.4) is 0 Å². The van der Waals surface area contributed by atoms with Gasteiger partial charge in [-0.25, -0.2) is 13.2 Å². The van der Waals surface area contributed by atoms with Crippen LogP contribution < -0.4 is 9.62 Å². The second-order valence-corrected chi connectivity index (χ2v) is 8.73. The van der Waals surface area contributed by atoms with Crippen molar-refractivity contribution in [3.63, 3.8) is 0 Å². The normalized spacial score (nSPS) is 10.9. The molecule has 1 amide bonds. The second kappa shape index (κ2) is 9.44. The number of esters is 1. The van der Waals surface area contributed by atoms with Crippen molar-refractivity contribution in [2.75, 3.05) is 23.0 Å². The molecule has 8 heteroatoms. The SMILES string of the molecule is COC(=O)c1ccc(NC(=O)c2ccc(CN(c3ccccc3)S(C)(=O)=O)cc2)cc1. The third kappa shape index (κ3) is 5.70. The highest BCUT2D eigenvalue weighted by atomic mass is 32.2. The van der Waals surface area contributed by atoms with Crippen molar-refractivity contribution in [2.24, 2.45) is 0 Å². The summed E-state index contributed by atoms with van der Waals surface area (Å²) in [5, 5.41) is 2.76. The van der Waals surface area contributed by atoms with Gasteiger partial charge in [-0.1, -0.05) is 30.3 Å². The highest BCUT2D eigenvalue weighted by Gasteiger charge is 2.18. The van der Waals surface area contributed by atoms with E-state index in [2.05, 4.69) is 10.1 Å². The Bertz CT molecular complexity index is 1160. The molecule has 31 heavy (non-hydrogen) atoms. The van der Waals surface area contributed by atoms with Gasteiger partial charge in [-0.15, -0.1) is 0 Å². The van der Waals surface area contributed by atoms with Gasteiger partial charge in [0.15, 0.2) is 0 Å². The molecule has 0 saturated carbocycles. The van der Waals surface area contributed by atoms with E-state index in [4.69, 9.17) is 0 Å². The van der Waals surface area contributed by atoms with Crippen LogP contribution in [0.4, 0.5) is 11.4 Å². The highest BCUT2D eigenvalue weighted by Crippen LogP contribution is 2.20. The second-order valence-electron chi connectivity index (χ2n) is 6.83. The van der Waals surface area contributed by atoms with Crippen molar-refractivity contribution in [3.8, 4) is 0 Å². The van der Waals surface area contributed by atoms with Crippen molar-refractivity contribution in [1.82, 2.24) is 0 Å². The van der Waals surface area contributed by atoms with Crippen LogP contribution in [0.5, 0.6) is 0 Å². The molecule has 3 aromatic rings. The zero-order valence-corrected chi connectivity index (χ0v) is 17.9. The molecule has 3 aromatic carbocycles. The maximum atomic E-state index is 12.5. The summed E-state index contributed by atoms with van der Waals surface area (Å²) in [6.07, 6.45) is 1.16. The molecular weight excluding hydrogens is 416 g/mol. The van der Waals surface area contributed by atoms with Crippen LogP contribution in [0, 0.1) is 0 Å². The van der Waals surface area contributed by atoms with Crippen molar-refractivity contribution in [1.29, 1.82) is 0 Å². The number of nitrogens with zero attached hydrogens (tertiary/aromatic N) is 1. The number of benzene rings is 3. The topological polar surface area (TPSA) is 92.8 Å². The third-order valence-electron chi connectivity index (χ3n) is 4.55. The molecule has 160 valence electrons. The lowest BCUT2D eigenvalue weighted by Crippen LogP contribution is -2.29. The summed E-state index contributed by atoms with van der Waals surface area (Å²) in [5.41, 5.74) is 2.66. The Kier molecular flexibility index (Phi) is 6.71. The Morgan fingerprint density at radius 1 is 0.871 bits per heavy atom. The maximum absolute atomic E-state index is 12.5. The minimum absolute atomic E-state index is 0.153. The molecule has 0 aliphatic heterocycles. The van der Waals surface area contributed by atoms with Gasteiger partial charge < -0.3 is 10.1 Å². The number of amides is 1.